The van der Waals surface area contributed by atoms with Gasteiger partial charge in [0.15, 0.2) is 5.78 Å². The minimum atomic E-state index is -0.840. The van der Waals surface area contributed by atoms with Gasteiger partial charge in [-0.1, -0.05) is 124 Å². The average Bonchev–Trinajstić information content (AvgIpc) is 3.06. The van der Waals surface area contributed by atoms with Gasteiger partial charge >= 0.3 is 0 Å². The lowest BCUT2D eigenvalue weighted by Gasteiger charge is -2.33. The Morgan fingerprint density at radius 1 is 0.532 bits per heavy atom. The van der Waals surface area contributed by atoms with E-state index < -0.39 is 11.8 Å². The molecular weight excluding hydrogens is 715 g/mol. The number of carbonyl (C=O) groups excluding carboxylic acids is 2. The van der Waals surface area contributed by atoms with E-state index in [-0.39, 0.29) is 17.3 Å². The van der Waals surface area contributed by atoms with Gasteiger partial charge in [-0.05, 0) is 94.1 Å². The van der Waals surface area contributed by atoms with Crippen LogP contribution in [0.4, 0.5) is 0 Å². The maximum absolute atomic E-state index is 14.5. The molecule has 1 aliphatic rings. The Morgan fingerprint density at radius 3 is 1.70 bits per heavy atom. The molecular formula is C38H23Cl6NO2. The summed E-state index contributed by atoms with van der Waals surface area (Å²) in [4.78, 5) is 28.9. The molecule has 3 nitrogen and oxygen atoms in total. The first-order valence-corrected chi connectivity index (χ1v) is 16.6. The lowest BCUT2D eigenvalue weighted by molar-refractivity contribution is -0.120. The van der Waals surface area contributed by atoms with Crippen LogP contribution in [0.2, 0.25) is 30.1 Å². The summed E-state index contributed by atoms with van der Waals surface area (Å²) in [7, 11) is 0. The minimum absolute atomic E-state index is 0.285. The van der Waals surface area contributed by atoms with Crippen LogP contribution in [0, 0.1) is 0 Å². The Morgan fingerprint density at radius 2 is 1.09 bits per heavy atom. The van der Waals surface area contributed by atoms with Gasteiger partial charge in [0, 0.05) is 33.3 Å². The minimum Gasteiger partial charge on any atom is -0.331 e. The number of ketones is 1. The van der Waals surface area contributed by atoms with Gasteiger partial charge in [0.1, 0.15) is 0 Å². The van der Waals surface area contributed by atoms with Gasteiger partial charge in [0.25, 0.3) is 0 Å². The van der Waals surface area contributed by atoms with Crippen LogP contribution < -0.4 is 5.32 Å². The normalized spacial score (nSPS) is 19.3. The molecule has 0 aliphatic carbocycles. The van der Waals surface area contributed by atoms with E-state index in [1.807, 2.05) is 54.6 Å². The van der Waals surface area contributed by atoms with Crippen molar-refractivity contribution in [1.29, 1.82) is 0 Å². The third kappa shape index (κ3) is 7.03. The number of Topliss-reactive ketones (excluding diaryl/α,β-unsaturated/α-hetero) is 1. The number of benzene rings is 5. The lowest BCUT2D eigenvalue weighted by Crippen LogP contribution is -2.31. The topological polar surface area (TPSA) is 46.2 Å². The summed E-state index contributed by atoms with van der Waals surface area (Å²) in [6.45, 7) is 0. The summed E-state index contributed by atoms with van der Waals surface area (Å²) in [5, 5.41) is 5.28. The van der Waals surface area contributed by atoms with E-state index in [1.54, 1.807) is 60.7 Å². The number of nitrogens with one attached hydrogen (secondary N) is 1. The molecule has 0 fully saturated rings. The smallest absolute Gasteiger partial charge is 0.235 e. The standard InChI is InChI=1S/C38H23Cl6NO2/c39-26-12-6-22(7-13-26)34-33(24-10-16-29(41)31(43)18-24)28(37(46)23-8-14-27(40)15-9-23)20-45-38(47)36(21-4-2-1-3-5-21)35(34)25-11-17-30(42)32(44)19-25/h1-20,33,36H,(H,45,47)/b28-20+,35-34-. The summed E-state index contributed by atoms with van der Waals surface area (Å²) in [6.07, 6.45) is 1.49. The highest BCUT2D eigenvalue weighted by atomic mass is 35.5. The van der Waals surface area contributed by atoms with Crippen molar-refractivity contribution in [3.8, 4) is 0 Å². The summed E-state index contributed by atoms with van der Waals surface area (Å²) < 4.78 is 0. The maximum Gasteiger partial charge on any atom is 0.235 e. The summed E-state index contributed by atoms with van der Waals surface area (Å²) in [5.41, 5.74) is 4.69. The van der Waals surface area contributed by atoms with Gasteiger partial charge in [-0.2, -0.15) is 0 Å². The Balaban J connectivity index is 1.78. The summed E-state index contributed by atoms with van der Waals surface area (Å²) >= 11 is 38.6. The monoisotopic (exact) mass is 735 g/mol. The Kier molecular flexibility index (Phi) is 10.1. The molecule has 234 valence electrons. The lowest BCUT2D eigenvalue weighted by atomic mass is 9.71. The molecule has 0 radical (unpaired) electrons. The van der Waals surface area contributed by atoms with Crippen molar-refractivity contribution >= 4 is 92.4 Å². The zero-order chi connectivity index (χ0) is 33.2. The van der Waals surface area contributed by atoms with Crippen molar-refractivity contribution in [2.45, 2.75) is 11.8 Å². The number of amides is 1. The average molecular weight is 738 g/mol. The number of allylic oxidation sites excluding steroid dienone is 2. The molecule has 1 amide bonds. The highest BCUT2D eigenvalue weighted by Gasteiger charge is 2.38. The van der Waals surface area contributed by atoms with E-state index >= 15 is 0 Å². The van der Waals surface area contributed by atoms with Crippen molar-refractivity contribution < 1.29 is 9.59 Å². The molecule has 0 bridgehead atoms. The van der Waals surface area contributed by atoms with Crippen molar-refractivity contribution in [3.63, 3.8) is 0 Å². The molecule has 0 saturated carbocycles. The fourth-order valence-corrected chi connectivity index (χ4v) is 6.67. The van der Waals surface area contributed by atoms with Crippen LogP contribution in [0.1, 0.15) is 44.4 Å². The first-order chi connectivity index (χ1) is 22.6. The van der Waals surface area contributed by atoms with Crippen molar-refractivity contribution in [2.24, 2.45) is 0 Å². The van der Waals surface area contributed by atoms with Gasteiger partial charge in [-0.3, -0.25) is 9.59 Å². The van der Waals surface area contributed by atoms with Gasteiger partial charge in [0.2, 0.25) is 5.91 Å². The number of hydrogen-bond donors (Lipinski definition) is 1. The quantitative estimate of drug-likeness (QED) is 0.176. The van der Waals surface area contributed by atoms with Crippen LogP contribution in [-0.4, -0.2) is 11.7 Å². The van der Waals surface area contributed by atoms with Crippen LogP contribution in [0.25, 0.3) is 11.1 Å². The fraction of sp³-hybridized carbons (Fsp3) is 0.0526. The van der Waals surface area contributed by atoms with E-state index in [0.717, 1.165) is 11.1 Å². The second-order valence-corrected chi connectivity index (χ2v) is 13.4. The molecule has 2 unspecified atom stereocenters. The van der Waals surface area contributed by atoms with E-state index in [0.29, 0.717) is 58.0 Å². The zero-order valence-electron chi connectivity index (χ0n) is 24.3. The molecule has 6 rings (SSSR count). The van der Waals surface area contributed by atoms with Crippen LogP contribution in [0.15, 0.2) is 127 Å². The summed E-state index contributed by atoms with van der Waals surface area (Å²) in [6, 6.07) is 33.8. The number of rotatable bonds is 6. The van der Waals surface area contributed by atoms with Crippen LogP contribution in [0.5, 0.6) is 0 Å². The number of carbonyl (C=O) groups is 2. The third-order valence-corrected chi connectivity index (χ3v) is 9.96. The van der Waals surface area contributed by atoms with Gasteiger partial charge in [0.05, 0.1) is 26.0 Å². The first kappa shape index (κ1) is 33.4. The van der Waals surface area contributed by atoms with Crippen molar-refractivity contribution in [1.82, 2.24) is 5.32 Å². The fourth-order valence-electron chi connectivity index (χ4n) is 5.82. The number of halogens is 6. The molecule has 47 heavy (non-hydrogen) atoms. The maximum atomic E-state index is 14.5. The second-order valence-electron chi connectivity index (χ2n) is 10.9. The Labute approximate surface area is 302 Å². The molecule has 5 aromatic carbocycles. The summed E-state index contributed by atoms with van der Waals surface area (Å²) in [5.74, 6) is -2.29. The molecule has 0 saturated heterocycles. The van der Waals surface area contributed by atoms with E-state index in [2.05, 4.69) is 5.32 Å². The predicted octanol–water partition coefficient (Wildman–Crippen LogP) is 12.0. The van der Waals surface area contributed by atoms with Crippen molar-refractivity contribution in [2.75, 3.05) is 0 Å². The molecule has 1 aliphatic heterocycles. The molecule has 0 aromatic heterocycles. The Bertz CT molecular complexity index is 2060. The largest absolute Gasteiger partial charge is 0.331 e. The molecule has 9 heteroatoms. The van der Waals surface area contributed by atoms with Crippen LogP contribution in [-0.2, 0) is 4.79 Å². The number of hydrogen-bond acceptors (Lipinski definition) is 2. The molecule has 1 N–H and O–H groups in total. The second kappa shape index (κ2) is 14.3. The van der Waals surface area contributed by atoms with Crippen LogP contribution >= 0.6 is 69.6 Å². The third-order valence-electron chi connectivity index (χ3n) is 7.97. The Hall–Kier alpha value is -3.54. The molecule has 1 heterocycles. The van der Waals surface area contributed by atoms with E-state index in [1.165, 1.54) is 6.20 Å². The zero-order valence-corrected chi connectivity index (χ0v) is 28.8. The highest BCUT2D eigenvalue weighted by molar-refractivity contribution is 6.42. The van der Waals surface area contributed by atoms with E-state index in [9.17, 15) is 9.59 Å². The SMILES string of the molecule is O=C(/C1=C/NC(=O)C(c2ccccc2)/C(c2ccc(Cl)c(Cl)c2)=C(/c2ccc(Cl)cc2)C1c1ccc(Cl)c(Cl)c1)c1ccc(Cl)cc1. The van der Waals surface area contributed by atoms with Crippen LogP contribution in [0.3, 0.4) is 0 Å². The predicted molar refractivity (Wildman–Crippen MR) is 195 cm³/mol. The molecule has 0 spiro atoms. The van der Waals surface area contributed by atoms with E-state index in [4.69, 9.17) is 69.6 Å². The van der Waals surface area contributed by atoms with Gasteiger partial charge in [-0.15, -0.1) is 0 Å². The highest BCUT2D eigenvalue weighted by Crippen LogP contribution is 2.50. The van der Waals surface area contributed by atoms with Crippen molar-refractivity contribution in [3.05, 3.63) is 185 Å². The van der Waals surface area contributed by atoms with Gasteiger partial charge < -0.3 is 5.32 Å². The first-order valence-electron chi connectivity index (χ1n) is 14.4. The molecule has 5 aromatic rings. The van der Waals surface area contributed by atoms with Gasteiger partial charge in [-0.25, -0.2) is 0 Å². The molecule has 2 atom stereocenters.